The van der Waals surface area contributed by atoms with Gasteiger partial charge in [-0.1, -0.05) is 11.6 Å². The smallest absolute Gasteiger partial charge is 0.319 e. The van der Waals surface area contributed by atoms with Gasteiger partial charge in [0.25, 0.3) is 0 Å². The summed E-state index contributed by atoms with van der Waals surface area (Å²) in [5, 5.41) is 6.12. The SMILES string of the molecule is O=C(Nc1cc(Cl)ccc1N1CCCCC1)NC1CCS(=O)(=O)C1. The van der Waals surface area contributed by atoms with E-state index >= 15 is 0 Å². The van der Waals surface area contributed by atoms with Gasteiger partial charge in [0.1, 0.15) is 0 Å². The molecule has 2 fully saturated rings. The fraction of sp³-hybridized carbons (Fsp3) is 0.562. The highest BCUT2D eigenvalue weighted by atomic mass is 35.5. The highest BCUT2D eigenvalue weighted by Crippen LogP contribution is 2.31. The molecule has 8 heteroatoms. The third kappa shape index (κ3) is 4.33. The highest BCUT2D eigenvalue weighted by Gasteiger charge is 2.29. The number of carbonyl (C=O) groups excluding carboxylic acids is 1. The molecule has 1 aromatic carbocycles. The molecule has 0 spiro atoms. The fourth-order valence-corrected chi connectivity index (χ4v) is 5.12. The zero-order valence-corrected chi connectivity index (χ0v) is 15.0. The molecule has 2 amide bonds. The van der Waals surface area contributed by atoms with Crippen LogP contribution in [-0.4, -0.2) is 45.1 Å². The summed E-state index contributed by atoms with van der Waals surface area (Å²) in [4.78, 5) is 14.5. The van der Waals surface area contributed by atoms with Gasteiger partial charge in [0, 0.05) is 24.2 Å². The molecule has 1 aromatic rings. The standard InChI is InChI=1S/C16H22ClN3O3S/c17-12-4-5-15(20-7-2-1-3-8-20)14(10-12)19-16(21)18-13-6-9-24(22,23)11-13/h4-5,10,13H,1-3,6-9,11H2,(H2,18,19,21). The van der Waals surface area contributed by atoms with E-state index in [1.807, 2.05) is 12.1 Å². The number of nitrogens with one attached hydrogen (secondary N) is 2. The quantitative estimate of drug-likeness (QED) is 0.856. The first kappa shape index (κ1) is 17.4. The van der Waals surface area contributed by atoms with Gasteiger partial charge in [-0.2, -0.15) is 0 Å². The Bertz CT molecular complexity index is 717. The summed E-state index contributed by atoms with van der Waals surface area (Å²) in [6, 6.07) is 4.75. The normalized spacial score (nSPS) is 23.0. The lowest BCUT2D eigenvalue weighted by Gasteiger charge is -2.30. The zero-order chi connectivity index (χ0) is 17.2. The molecule has 2 heterocycles. The second-order valence-corrected chi connectivity index (χ2v) is 9.07. The van der Waals surface area contributed by atoms with Crippen LogP contribution in [0.4, 0.5) is 16.2 Å². The van der Waals surface area contributed by atoms with E-state index in [0.717, 1.165) is 31.6 Å². The summed E-state index contributed by atoms with van der Waals surface area (Å²) in [5.41, 5.74) is 1.61. The summed E-state index contributed by atoms with van der Waals surface area (Å²) >= 11 is 6.08. The van der Waals surface area contributed by atoms with Gasteiger partial charge in [0.2, 0.25) is 0 Å². The average Bonchev–Trinajstić information content (AvgIpc) is 2.87. The van der Waals surface area contributed by atoms with Crippen molar-refractivity contribution in [3.05, 3.63) is 23.2 Å². The molecule has 2 saturated heterocycles. The number of sulfone groups is 1. The maximum Gasteiger partial charge on any atom is 0.319 e. The van der Waals surface area contributed by atoms with E-state index in [1.165, 1.54) is 6.42 Å². The lowest BCUT2D eigenvalue weighted by atomic mass is 10.1. The summed E-state index contributed by atoms with van der Waals surface area (Å²) in [5.74, 6) is 0.142. The molecule has 1 unspecified atom stereocenters. The topological polar surface area (TPSA) is 78.5 Å². The minimum atomic E-state index is -3.02. The van der Waals surface area contributed by atoms with Crippen LogP contribution in [0.15, 0.2) is 18.2 Å². The van der Waals surface area contributed by atoms with Gasteiger partial charge in [0.15, 0.2) is 9.84 Å². The monoisotopic (exact) mass is 371 g/mol. The predicted molar refractivity (Wildman–Crippen MR) is 96.7 cm³/mol. The summed E-state index contributed by atoms with van der Waals surface area (Å²) < 4.78 is 23.0. The van der Waals surface area contributed by atoms with Crippen molar-refractivity contribution in [2.45, 2.75) is 31.7 Å². The Morgan fingerprint density at radius 2 is 1.96 bits per heavy atom. The molecule has 132 valence electrons. The van der Waals surface area contributed by atoms with Crippen LogP contribution in [0.25, 0.3) is 0 Å². The van der Waals surface area contributed by atoms with Crippen LogP contribution in [0.3, 0.4) is 0 Å². The Labute approximate surface area is 147 Å². The number of urea groups is 1. The van der Waals surface area contributed by atoms with Crippen molar-refractivity contribution in [1.29, 1.82) is 0 Å². The van der Waals surface area contributed by atoms with Gasteiger partial charge in [-0.15, -0.1) is 0 Å². The van der Waals surface area contributed by atoms with Crippen LogP contribution in [0.5, 0.6) is 0 Å². The molecule has 2 aliphatic heterocycles. The third-order valence-electron chi connectivity index (χ3n) is 4.47. The number of piperidine rings is 1. The van der Waals surface area contributed by atoms with Gasteiger partial charge in [0.05, 0.1) is 22.9 Å². The molecule has 1 atom stereocenters. The molecule has 0 bridgehead atoms. The van der Waals surface area contributed by atoms with Crippen LogP contribution in [0.1, 0.15) is 25.7 Å². The molecule has 0 saturated carbocycles. The Balaban J connectivity index is 1.69. The fourth-order valence-electron chi connectivity index (χ4n) is 3.27. The maximum absolute atomic E-state index is 12.2. The van der Waals surface area contributed by atoms with Gasteiger partial charge in [-0.25, -0.2) is 13.2 Å². The highest BCUT2D eigenvalue weighted by molar-refractivity contribution is 7.91. The van der Waals surface area contributed by atoms with Crippen molar-refractivity contribution in [3.63, 3.8) is 0 Å². The summed E-state index contributed by atoms with van der Waals surface area (Å²) in [6.07, 6.45) is 3.95. The first-order valence-corrected chi connectivity index (χ1v) is 10.5. The molecular formula is C16H22ClN3O3S. The van der Waals surface area contributed by atoms with E-state index in [4.69, 9.17) is 11.6 Å². The molecule has 2 aliphatic rings. The Morgan fingerprint density at radius 1 is 1.21 bits per heavy atom. The molecule has 0 radical (unpaired) electrons. The van der Waals surface area contributed by atoms with E-state index < -0.39 is 15.9 Å². The lowest BCUT2D eigenvalue weighted by molar-refractivity contribution is 0.249. The van der Waals surface area contributed by atoms with E-state index in [9.17, 15) is 13.2 Å². The van der Waals surface area contributed by atoms with Gasteiger partial charge in [-0.3, -0.25) is 0 Å². The lowest BCUT2D eigenvalue weighted by Crippen LogP contribution is -2.39. The van der Waals surface area contributed by atoms with Crippen molar-refractivity contribution in [1.82, 2.24) is 5.32 Å². The summed E-state index contributed by atoms with van der Waals surface area (Å²) in [6.45, 7) is 1.91. The van der Waals surface area contributed by atoms with Gasteiger partial charge < -0.3 is 15.5 Å². The molecule has 3 rings (SSSR count). The van der Waals surface area contributed by atoms with Crippen LogP contribution >= 0.6 is 11.6 Å². The number of nitrogens with zero attached hydrogens (tertiary/aromatic N) is 1. The molecule has 0 aromatic heterocycles. The van der Waals surface area contributed by atoms with E-state index in [1.54, 1.807) is 6.07 Å². The third-order valence-corrected chi connectivity index (χ3v) is 6.47. The van der Waals surface area contributed by atoms with E-state index in [2.05, 4.69) is 15.5 Å². The molecule has 6 nitrogen and oxygen atoms in total. The Hall–Kier alpha value is -1.47. The summed E-state index contributed by atoms with van der Waals surface area (Å²) in [7, 11) is -3.02. The first-order valence-electron chi connectivity index (χ1n) is 8.25. The number of amides is 2. The second-order valence-electron chi connectivity index (χ2n) is 6.41. The largest absolute Gasteiger partial charge is 0.370 e. The van der Waals surface area contributed by atoms with Crippen molar-refractivity contribution in [2.24, 2.45) is 0 Å². The predicted octanol–water partition coefficient (Wildman–Crippen LogP) is 2.64. The van der Waals surface area contributed by atoms with Gasteiger partial charge >= 0.3 is 6.03 Å². The van der Waals surface area contributed by atoms with Crippen molar-refractivity contribution in [2.75, 3.05) is 34.8 Å². The van der Waals surface area contributed by atoms with E-state index in [0.29, 0.717) is 17.1 Å². The number of anilines is 2. The molecule has 0 aliphatic carbocycles. The van der Waals surface area contributed by atoms with Crippen LogP contribution in [0, 0.1) is 0 Å². The number of rotatable bonds is 3. The number of carbonyl (C=O) groups is 1. The van der Waals surface area contributed by atoms with Crippen LogP contribution in [0.2, 0.25) is 5.02 Å². The number of halogens is 1. The minimum absolute atomic E-state index is 0.00888. The average molecular weight is 372 g/mol. The number of hydrogen-bond acceptors (Lipinski definition) is 4. The first-order chi connectivity index (χ1) is 11.4. The Kier molecular flexibility index (Phi) is 5.20. The van der Waals surface area contributed by atoms with Crippen LogP contribution in [-0.2, 0) is 9.84 Å². The minimum Gasteiger partial charge on any atom is -0.370 e. The van der Waals surface area contributed by atoms with Crippen molar-refractivity contribution < 1.29 is 13.2 Å². The van der Waals surface area contributed by atoms with Gasteiger partial charge in [-0.05, 0) is 43.9 Å². The van der Waals surface area contributed by atoms with Crippen LogP contribution < -0.4 is 15.5 Å². The second kappa shape index (κ2) is 7.19. The number of hydrogen-bond donors (Lipinski definition) is 2. The molecule has 24 heavy (non-hydrogen) atoms. The van der Waals surface area contributed by atoms with Crippen molar-refractivity contribution >= 4 is 38.8 Å². The van der Waals surface area contributed by atoms with Crippen molar-refractivity contribution in [3.8, 4) is 0 Å². The zero-order valence-electron chi connectivity index (χ0n) is 13.4. The van der Waals surface area contributed by atoms with E-state index in [-0.39, 0.29) is 17.5 Å². The number of benzene rings is 1. The molecule has 2 N–H and O–H groups in total. The Morgan fingerprint density at radius 3 is 2.62 bits per heavy atom. The maximum atomic E-state index is 12.2. The molecular weight excluding hydrogens is 350 g/mol.